The van der Waals surface area contributed by atoms with Crippen LogP contribution in [0.2, 0.25) is 0 Å². The normalized spacial score (nSPS) is 53.4. The Morgan fingerprint density at radius 1 is 0.313 bits per heavy atom. The van der Waals surface area contributed by atoms with Crippen molar-refractivity contribution in [3.05, 3.63) is 0 Å². The molecule has 0 aromatic carbocycles. The van der Waals surface area contributed by atoms with Crippen molar-refractivity contribution in [2.75, 3.05) is 37.4 Å². The Bertz CT molecular complexity index is 1510. The van der Waals surface area contributed by atoms with E-state index in [9.17, 15) is 91.9 Å². The van der Waals surface area contributed by atoms with Gasteiger partial charge in [-0.3, -0.25) is 0 Å². The molecule has 31 heteroatoms. The van der Waals surface area contributed by atoms with Crippen molar-refractivity contribution in [2.24, 2.45) is 5.73 Å². The number of hydrogen-bond donors (Lipinski definition) is 19. The first-order valence-electron chi connectivity index (χ1n) is 21.2. The lowest BCUT2D eigenvalue weighted by Gasteiger charge is -2.50. The molecule has 0 aromatic rings. The summed E-state index contributed by atoms with van der Waals surface area (Å²) in [6.45, 7) is -4.18. The van der Waals surface area contributed by atoms with Gasteiger partial charge in [0.1, 0.15) is 140 Å². The molecule has 6 aliphatic heterocycles. The standard InChI is InChI=1S/C36H62INO29/c37-1-7-13(43)14(44)21(51)32(58-7)65-28-10(4-40)61-35(24(54)18(28)48)67-30-12(6-42)62-36(25(55)19(30)49)66-29-11(5-41)60-34(23(53)17(29)47)63-26-8(2-38)59-33(22(52)16(26)46)64-27-9(3-39)57-31(56)20(50)15(27)45/h7-36,39-56H,1-6,38H2/t7-,8-,9-,10-,11-,12-,13-,14+,15-,16-,17-,18-,19-,20-,21-,22-,23-,24-,25-,26-,27-,28-,29-,30-,31?,32-,33-,34-,35-,36-/m1/s1. The van der Waals surface area contributed by atoms with Crippen LogP contribution < -0.4 is 5.73 Å². The molecule has 0 aliphatic carbocycles. The topological polar surface area (TPSA) is 492 Å². The smallest absolute Gasteiger partial charge is 0.187 e. The fourth-order valence-corrected chi connectivity index (χ4v) is 9.27. The number of aliphatic hydroxyl groups excluding tert-OH is 18. The molecular weight excluding hydrogens is 1040 g/mol. The van der Waals surface area contributed by atoms with E-state index in [-0.39, 0.29) is 4.43 Å². The van der Waals surface area contributed by atoms with E-state index in [2.05, 4.69) is 0 Å². The zero-order valence-electron chi connectivity index (χ0n) is 35.1. The summed E-state index contributed by atoms with van der Waals surface area (Å²) in [7, 11) is 0. The second kappa shape index (κ2) is 24.0. The molecule has 6 saturated heterocycles. The van der Waals surface area contributed by atoms with Gasteiger partial charge in [0, 0.05) is 11.0 Å². The van der Waals surface area contributed by atoms with E-state index in [4.69, 9.17) is 57.8 Å². The molecule has 6 rings (SSSR count). The van der Waals surface area contributed by atoms with Crippen LogP contribution in [-0.4, -0.2) is 314 Å². The Morgan fingerprint density at radius 2 is 0.567 bits per heavy atom. The van der Waals surface area contributed by atoms with Crippen LogP contribution in [0.25, 0.3) is 0 Å². The Kier molecular flexibility index (Phi) is 20.0. The Balaban J connectivity index is 1.07. The third-order valence-corrected chi connectivity index (χ3v) is 13.3. The number of rotatable bonds is 16. The summed E-state index contributed by atoms with van der Waals surface area (Å²) in [6.07, 6.45) is -53.9. The molecule has 0 radical (unpaired) electrons. The second-order valence-corrected chi connectivity index (χ2v) is 17.7. The molecule has 6 aliphatic rings. The maximum absolute atomic E-state index is 11.2. The van der Waals surface area contributed by atoms with Crippen LogP contribution in [0.1, 0.15) is 0 Å². The Morgan fingerprint density at radius 3 is 0.866 bits per heavy atom. The van der Waals surface area contributed by atoms with E-state index in [1.54, 1.807) is 0 Å². The van der Waals surface area contributed by atoms with Gasteiger partial charge in [0.05, 0.1) is 32.5 Å². The predicted octanol–water partition coefficient (Wildman–Crippen LogP) is -12.7. The third-order valence-electron chi connectivity index (χ3n) is 12.5. The van der Waals surface area contributed by atoms with Crippen molar-refractivity contribution < 1.29 is 144 Å². The monoisotopic (exact) mass is 1100 g/mol. The molecule has 1 unspecified atom stereocenters. The maximum Gasteiger partial charge on any atom is 0.187 e. The minimum Gasteiger partial charge on any atom is -0.394 e. The van der Waals surface area contributed by atoms with E-state index in [0.29, 0.717) is 0 Å². The molecule has 0 amide bonds. The van der Waals surface area contributed by atoms with Crippen LogP contribution in [-0.2, 0) is 52.1 Å². The maximum atomic E-state index is 11.2. The highest BCUT2D eigenvalue weighted by Crippen LogP contribution is 2.36. The van der Waals surface area contributed by atoms with Crippen molar-refractivity contribution in [1.29, 1.82) is 0 Å². The lowest BCUT2D eigenvalue weighted by atomic mass is 9.95. The summed E-state index contributed by atoms with van der Waals surface area (Å²) in [6, 6.07) is 0. The summed E-state index contributed by atoms with van der Waals surface area (Å²) in [4.78, 5) is 0. The van der Waals surface area contributed by atoms with Crippen molar-refractivity contribution in [3.63, 3.8) is 0 Å². The summed E-state index contributed by atoms with van der Waals surface area (Å²) < 4.78 is 61.5. The summed E-state index contributed by atoms with van der Waals surface area (Å²) in [5, 5.41) is 190. The molecule has 392 valence electrons. The van der Waals surface area contributed by atoms with Crippen molar-refractivity contribution in [1.82, 2.24) is 0 Å². The molecule has 0 saturated carbocycles. The minimum atomic E-state index is -2.14. The third kappa shape index (κ3) is 11.5. The largest absolute Gasteiger partial charge is 0.394 e. The average molecular weight is 1100 g/mol. The first-order valence-corrected chi connectivity index (χ1v) is 22.7. The van der Waals surface area contributed by atoms with Gasteiger partial charge in [-0.25, -0.2) is 0 Å². The molecular formula is C36H62INO29. The van der Waals surface area contributed by atoms with Gasteiger partial charge in [-0.1, -0.05) is 22.6 Å². The van der Waals surface area contributed by atoms with E-state index in [1.165, 1.54) is 0 Å². The predicted molar refractivity (Wildman–Crippen MR) is 213 cm³/mol. The molecule has 20 N–H and O–H groups in total. The van der Waals surface area contributed by atoms with Gasteiger partial charge in [-0.2, -0.15) is 0 Å². The Labute approximate surface area is 393 Å². The van der Waals surface area contributed by atoms with E-state index in [1.807, 2.05) is 22.6 Å². The van der Waals surface area contributed by atoms with Crippen LogP contribution in [0.3, 0.4) is 0 Å². The van der Waals surface area contributed by atoms with Gasteiger partial charge >= 0.3 is 0 Å². The molecule has 30 atom stereocenters. The number of nitrogens with two attached hydrogens (primary N) is 1. The lowest BCUT2D eigenvalue weighted by Crippen LogP contribution is -2.68. The highest BCUT2D eigenvalue weighted by atomic mass is 127. The zero-order valence-corrected chi connectivity index (χ0v) is 37.2. The zero-order chi connectivity index (χ0) is 49.3. The SMILES string of the molecule is NC[C@H]1O[C@H](O[C@H]2[C@H](O)[C@@H](O)C(O)O[C@@H]2CO)[C@H](O)[C@@H](O)[C@@H]1O[C@H]1O[C@H](CO)[C@@H](O[C@H]2O[C@H](CO)[C@@H](O[C@H]3O[C@H](CO)[C@@H](O[C@H]4O[C@H](CI)[C@@H](O)[C@H](O)[C@H]4O)[C@H](O)[C@H]3O)[C@H](O)[C@H]2O)[C@H](O)[C@H]1O. The van der Waals surface area contributed by atoms with Gasteiger partial charge < -0.3 is 150 Å². The van der Waals surface area contributed by atoms with Gasteiger partial charge in [0.15, 0.2) is 37.7 Å². The molecule has 6 fully saturated rings. The molecule has 6 heterocycles. The molecule has 30 nitrogen and oxygen atoms in total. The van der Waals surface area contributed by atoms with Crippen molar-refractivity contribution in [3.8, 4) is 0 Å². The number of halogens is 1. The van der Waals surface area contributed by atoms with E-state index < -0.39 is 217 Å². The van der Waals surface area contributed by atoms with Crippen molar-refractivity contribution in [2.45, 2.75) is 184 Å². The molecule has 67 heavy (non-hydrogen) atoms. The Hall–Kier alpha value is -0.470. The summed E-state index contributed by atoms with van der Waals surface area (Å²) in [5.74, 6) is 0. The van der Waals surface area contributed by atoms with Crippen LogP contribution in [0, 0.1) is 0 Å². The van der Waals surface area contributed by atoms with Crippen LogP contribution in [0.5, 0.6) is 0 Å². The van der Waals surface area contributed by atoms with Crippen LogP contribution in [0.4, 0.5) is 0 Å². The summed E-state index contributed by atoms with van der Waals surface area (Å²) >= 11 is 1.85. The van der Waals surface area contributed by atoms with E-state index >= 15 is 0 Å². The number of hydrogen-bond acceptors (Lipinski definition) is 30. The molecule has 0 bridgehead atoms. The molecule has 0 spiro atoms. The van der Waals surface area contributed by atoms with E-state index in [0.717, 1.165) is 0 Å². The highest BCUT2D eigenvalue weighted by molar-refractivity contribution is 14.1. The first kappa shape index (κ1) is 55.8. The van der Waals surface area contributed by atoms with Gasteiger partial charge in [0.25, 0.3) is 0 Å². The second-order valence-electron chi connectivity index (χ2n) is 16.8. The number of ether oxygens (including phenoxy) is 11. The van der Waals surface area contributed by atoms with Gasteiger partial charge in [0.2, 0.25) is 0 Å². The minimum absolute atomic E-state index is 0.144. The average Bonchev–Trinajstić information content (AvgIpc) is 3.32. The van der Waals surface area contributed by atoms with Gasteiger partial charge in [-0.05, 0) is 0 Å². The first-order chi connectivity index (χ1) is 31.8. The van der Waals surface area contributed by atoms with Crippen LogP contribution in [0.15, 0.2) is 0 Å². The number of aliphatic hydroxyl groups is 18. The highest BCUT2D eigenvalue weighted by Gasteiger charge is 2.57. The molecule has 0 aromatic heterocycles. The number of alkyl halides is 1. The fraction of sp³-hybridized carbons (Fsp3) is 1.00. The summed E-state index contributed by atoms with van der Waals surface area (Å²) in [5.41, 5.74) is 5.85. The van der Waals surface area contributed by atoms with Crippen LogP contribution >= 0.6 is 22.6 Å². The fourth-order valence-electron chi connectivity index (χ4n) is 8.54. The van der Waals surface area contributed by atoms with Crippen molar-refractivity contribution >= 4 is 22.6 Å². The lowest BCUT2D eigenvalue weighted by molar-refractivity contribution is -0.394. The van der Waals surface area contributed by atoms with Gasteiger partial charge in [-0.15, -0.1) is 0 Å². The quantitative estimate of drug-likeness (QED) is 0.0504.